The molecule has 0 spiro atoms. The molecule has 1 N–H and O–H groups in total. The molecule has 0 saturated heterocycles. The van der Waals surface area contributed by atoms with E-state index in [2.05, 4.69) is 31.1 Å². The number of hydrogen-bond acceptors (Lipinski definition) is 3. The van der Waals surface area contributed by atoms with Crippen LogP contribution in [0.4, 0.5) is 0 Å². The number of rotatable bonds is 3. The Morgan fingerprint density at radius 1 is 1.53 bits per heavy atom. The molecule has 0 radical (unpaired) electrons. The topological polar surface area (TPSA) is 24.9 Å². The van der Waals surface area contributed by atoms with Crippen molar-refractivity contribution in [2.24, 2.45) is 5.92 Å². The summed E-state index contributed by atoms with van der Waals surface area (Å²) in [5, 5.41) is 3.74. The quantitative estimate of drug-likeness (QED) is 0.852. The molecule has 3 unspecified atom stereocenters. The molecule has 15 heavy (non-hydrogen) atoms. The van der Waals surface area contributed by atoms with Crippen molar-refractivity contribution in [1.29, 1.82) is 0 Å². The molecule has 1 aromatic rings. The van der Waals surface area contributed by atoms with Gasteiger partial charge in [-0.2, -0.15) is 0 Å². The van der Waals surface area contributed by atoms with Gasteiger partial charge in [-0.15, -0.1) is 11.3 Å². The summed E-state index contributed by atoms with van der Waals surface area (Å²) in [6.45, 7) is 6.71. The Balaban J connectivity index is 1.97. The molecule has 0 aromatic carbocycles. The first kappa shape index (κ1) is 11.1. The lowest BCUT2D eigenvalue weighted by Crippen LogP contribution is -2.33. The van der Waals surface area contributed by atoms with Gasteiger partial charge in [0.25, 0.3) is 0 Å². The first-order valence-electron chi connectivity index (χ1n) is 5.84. The highest BCUT2D eigenvalue weighted by Gasteiger charge is 2.25. The van der Waals surface area contributed by atoms with Gasteiger partial charge in [-0.05, 0) is 32.6 Å². The zero-order chi connectivity index (χ0) is 10.8. The molecule has 3 heteroatoms. The van der Waals surface area contributed by atoms with Crippen LogP contribution in [0.5, 0.6) is 0 Å². The van der Waals surface area contributed by atoms with Crippen molar-refractivity contribution >= 4 is 11.3 Å². The Kier molecular flexibility index (Phi) is 3.42. The normalized spacial score (nSPS) is 28.2. The second-order valence-electron chi connectivity index (χ2n) is 4.71. The molecule has 0 amide bonds. The fraction of sp³-hybridized carbons (Fsp3) is 0.750. The van der Waals surface area contributed by atoms with Crippen molar-refractivity contribution in [1.82, 2.24) is 10.3 Å². The monoisotopic (exact) mass is 224 g/mol. The smallest absolute Gasteiger partial charge is 0.0798 e. The van der Waals surface area contributed by atoms with Crippen molar-refractivity contribution in [3.05, 3.63) is 16.1 Å². The van der Waals surface area contributed by atoms with Gasteiger partial charge in [0, 0.05) is 17.0 Å². The lowest BCUT2D eigenvalue weighted by Gasteiger charge is -2.22. The highest BCUT2D eigenvalue weighted by atomic mass is 32.1. The Hall–Kier alpha value is -0.410. The molecule has 3 atom stereocenters. The van der Waals surface area contributed by atoms with E-state index in [0.717, 1.165) is 5.92 Å². The van der Waals surface area contributed by atoms with Gasteiger partial charge in [-0.1, -0.05) is 13.3 Å². The van der Waals surface area contributed by atoms with Crippen LogP contribution in [0.2, 0.25) is 0 Å². The molecule has 2 nitrogen and oxygen atoms in total. The molecule has 1 heterocycles. The van der Waals surface area contributed by atoms with E-state index in [-0.39, 0.29) is 0 Å². The molecule has 1 saturated carbocycles. The zero-order valence-corrected chi connectivity index (χ0v) is 10.6. The van der Waals surface area contributed by atoms with E-state index in [1.165, 1.54) is 29.8 Å². The molecule has 1 fully saturated rings. The van der Waals surface area contributed by atoms with Crippen LogP contribution in [-0.2, 0) is 0 Å². The van der Waals surface area contributed by atoms with Crippen molar-refractivity contribution in [2.75, 3.05) is 0 Å². The van der Waals surface area contributed by atoms with E-state index in [1.54, 1.807) is 11.3 Å². The first-order valence-corrected chi connectivity index (χ1v) is 6.72. The summed E-state index contributed by atoms with van der Waals surface area (Å²) in [6, 6.07) is 1.17. The maximum Gasteiger partial charge on any atom is 0.0798 e. The largest absolute Gasteiger partial charge is 0.306 e. The number of aromatic nitrogens is 1. The lowest BCUT2D eigenvalue weighted by atomic mass is 10.1. The van der Waals surface area contributed by atoms with E-state index in [9.17, 15) is 0 Å². The van der Waals surface area contributed by atoms with E-state index in [0.29, 0.717) is 12.1 Å². The van der Waals surface area contributed by atoms with Gasteiger partial charge in [-0.3, -0.25) is 0 Å². The standard InChI is InChI=1S/C12H20N2S/c1-8-5-4-6-11(8)14-10(3)12-9(2)13-7-15-12/h7-8,10-11,14H,4-6H2,1-3H3. The Morgan fingerprint density at radius 3 is 2.87 bits per heavy atom. The Labute approximate surface area is 96.1 Å². The summed E-state index contributed by atoms with van der Waals surface area (Å²) in [6.07, 6.45) is 4.10. The van der Waals surface area contributed by atoms with Gasteiger partial charge >= 0.3 is 0 Å². The predicted molar refractivity (Wildman–Crippen MR) is 65.2 cm³/mol. The van der Waals surface area contributed by atoms with Gasteiger partial charge in [0.15, 0.2) is 0 Å². The van der Waals surface area contributed by atoms with Gasteiger partial charge in [0.05, 0.1) is 11.2 Å². The van der Waals surface area contributed by atoms with Crippen molar-refractivity contribution in [3.63, 3.8) is 0 Å². The van der Waals surface area contributed by atoms with Crippen molar-refractivity contribution < 1.29 is 0 Å². The summed E-state index contributed by atoms with van der Waals surface area (Å²) in [5.74, 6) is 0.834. The van der Waals surface area contributed by atoms with E-state index >= 15 is 0 Å². The van der Waals surface area contributed by atoms with Gasteiger partial charge in [-0.25, -0.2) is 4.98 Å². The van der Waals surface area contributed by atoms with Gasteiger partial charge in [0.2, 0.25) is 0 Å². The van der Waals surface area contributed by atoms with Crippen LogP contribution in [0, 0.1) is 12.8 Å². The van der Waals surface area contributed by atoms with Crippen LogP contribution in [0.15, 0.2) is 5.51 Å². The fourth-order valence-electron chi connectivity index (χ4n) is 2.52. The third kappa shape index (κ3) is 2.40. The van der Waals surface area contributed by atoms with Crippen LogP contribution in [0.3, 0.4) is 0 Å². The number of nitrogens with one attached hydrogen (secondary N) is 1. The third-order valence-electron chi connectivity index (χ3n) is 3.50. The highest BCUT2D eigenvalue weighted by molar-refractivity contribution is 7.09. The van der Waals surface area contributed by atoms with E-state index in [4.69, 9.17) is 0 Å². The second kappa shape index (κ2) is 4.62. The van der Waals surface area contributed by atoms with Crippen LogP contribution in [0.25, 0.3) is 0 Å². The van der Waals surface area contributed by atoms with Crippen LogP contribution < -0.4 is 5.32 Å². The molecule has 0 aliphatic heterocycles. The number of aryl methyl sites for hydroxylation is 1. The minimum atomic E-state index is 0.461. The minimum Gasteiger partial charge on any atom is -0.306 e. The summed E-state index contributed by atoms with van der Waals surface area (Å²) >= 11 is 1.77. The molecule has 1 aliphatic carbocycles. The average molecular weight is 224 g/mol. The number of nitrogens with zero attached hydrogens (tertiary/aromatic N) is 1. The number of hydrogen-bond donors (Lipinski definition) is 1. The Bertz CT molecular complexity index is 321. The SMILES string of the molecule is Cc1ncsc1C(C)NC1CCCC1C. The van der Waals surface area contributed by atoms with Crippen molar-refractivity contribution in [2.45, 2.75) is 52.1 Å². The maximum atomic E-state index is 4.31. The van der Waals surface area contributed by atoms with E-state index < -0.39 is 0 Å². The molecule has 0 bridgehead atoms. The molecule has 2 rings (SSSR count). The van der Waals surface area contributed by atoms with Gasteiger partial charge in [0.1, 0.15) is 0 Å². The second-order valence-corrected chi connectivity index (χ2v) is 5.59. The fourth-order valence-corrected chi connectivity index (χ4v) is 3.34. The lowest BCUT2D eigenvalue weighted by molar-refractivity contribution is 0.390. The number of thiazole rings is 1. The zero-order valence-electron chi connectivity index (χ0n) is 9.79. The summed E-state index contributed by atoms with van der Waals surface area (Å²) in [7, 11) is 0. The molecule has 84 valence electrons. The summed E-state index contributed by atoms with van der Waals surface area (Å²) < 4.78 is 0. The summed E-state index contributed by atoms with van der Waals surface area (Å²) in [5.41, 5.74) is 3.13. The minimum absolute atomic E-state index is 0.461. The van der Waals surface area contributed by atoms with Crippen LogP contribution in [0.1, 0.15) is 49.7 Å². The van der Waals surface area contributed by atoms with Gasteiger partial charge < -0.3 is 5.32 Å². The molecule has 1 aliphatic rings. The molecular weight excluding hydrogens is 204 g/mol. The maximum absolute atomic E-state index is 4.31. The van der Waals surface area contributed by atoms with Crippen molar-refractivity contribution in [3.8, 4) is 0 Å². The predicted octanol–water partition coefficient (Wildman–Crippen LogP) is 3.29. The summed E-state index contributed by atoms with van der Waals surface area (Å²) in [4.78, 5) is 5.71. The third-order valence-corrected chi connectivity index (χ3v) is 4.62. The van der Waals surface area contributed by atoms with Crippen LogP contribution >= 0.6 is 11.3 Å². The van der Waals surface area contributed by atoms with Crippen LogP contribution in [-0.4, -0.2) is 11.0 Å². The molecular formula is C12H20N2S. The van der Waals surface area contributed by atoms with E-state index in [1.807, 2.05) is 5.51 Å². The first-order chi connectivity index (χ1) is 7.18. The Morgan fingerprint density at radius 2 is 2.33 bits per heavy atom. The average Bonchev–Trinajstić information content (AvgIpc) is 2.76. The molecule has 1 aromatic heterocycles. The highest BCUT2D eigenvalue weighted by Crippen LogP contribution is 2.29.